The molecule has 0 saturated carbocycles. The number of carbonyl (C=O) groups excluding carboxylic acids is 2. The topological polar surface area (TPSA) is 88.7 Å². The summed E-state index contributed by atoms with van der Waals surface area (Å²) in [4.78, 5) is 23.9. The van der Waals surface area contributed by atoms with Gasteiger partial charge in [-0.25, -0.2) is 0 Å². The standard InChI is InChI=1S/C17H15Br2N3O4S/c1-25-12-5-2-10(3-6-12)16(24)21-22-17(27)20-15(23)9-26-14-7-4-11(18)8-13(14)19/h2-8H,9H2,1H3,(H,21,24)(H2,20,22,23,27). The number of ether oxygens (including phenoxy) is 2. The average molecular weight is 517 g/mol. The molecule has 0 spiro atoms. The van der Waals surface area contributed by atoms with Crippen molar-refractivity contribution in [3.8, 4) is 11.5 Å². The van der Waals surface area contributed by atoms with Gasteiger partial charge in [0.2, 0.25) is 0 Å². The Balaban J connectivity index is 1.75. The molecule has 0 atom stereocenters. The van der Waals surface area contributed by atoms with Crippen molar-refractivity contribution < 1.29 is 19.1 Å². The van der Waals surface area contributed by atoms with Gasteiger partial charge in [-0.3, -0.25) is 25.8 Å². The van der Waals surface area contributed by atoms with Crippen LogP contribution in [0.15, 0.2) is 51.4 Å². The molecule has 0 fully saturated rings. The van der Waals surface area contributed by atoms with E-state index in [2.05, 4.69) is 48.0 Å². The molecule has 7 nitrogen and oxygen atoms in total. The van der Waals surface area contributed by atoms with Gasteiger partial charge in [-0.1, -0.05) is 15.9 Å². The van der Waals surface area contributed by atoms with Crippen molar-refractivity contribution >= 4 is 61.0 Å². The molecule has 10 heteroatoms. The number of amides is 2. The molecular formula is C17H15Br2N3O4S. The fourth-order valence-electron chi connectivity index (χ4n) is 1.86. The van der Waals surface area contributed by atoms with Crippen molar-refractivity contribution in [1.82, 2.24) is 16.2 Å². The molecule has 0 bridgehead atoms. The normalized spacial score (nSPS) is 9.89. The van der Waals surface area contributed by atoms with E-state index in [1.54, 1.807) is 42.5 Å². The number of hydrogen-bond donors (Lipinski definition) is 3. The molecule has 2 rings (SSSR count). The Morgan fingerprint density at radius 2 is 1.78 bits per heavy atom. The van der Waals surface area contributed by atoms with Crippen LogP contribution in [-0.2, 0) is 4.79 Å². The van der Waals surface area contributed by atoms with Crippen molar-refractivity contribution in [2.75, 3.05) is 13.7 Å². The van der Waals surface area contributed by atoms with Crippen LogP contribution < -0.4 is 25.6 Å². The predicted octanol–water partition coefficient (Wildman–Crippen LogP) is 2.93. The zero-order valence-electron chi connectivity index (χ0n) is 14.0. The lowest BCUT2D eigenvalue weighted by molar-refractivity contribution is -0.121. The molecule has 142 valence electrons. The second kappa shape index (κ2) is 10.2. The minimum Gasteiger partial charge on any atom is -0.497 e. The first-order valence-corrected chi connectivity index (χ1v) is 9.50. The maximum Gasteiger partial charge on any atom is 0.269 e. The fraction of sp³-hybridized carbons (Fsp3) is 0.118. The minimum atomic E-state index is -0.471. The molecule has 2 aromatic rings. The van der Waals surface area contributed by atoms with E-state index in [-0.39, 0.29) is 11.7 Å². The number of thiocarbonyl (C=S) groups is 1. The molecule has 0 aromatic heterocycles. The van der Waals surface area contributed by atoms with Crippen molar-refractivity contribution in [2.24, 2.45) is 0 Å². The van der Waals surface area contributed by atoms with Gasteiger partial charge in [-0.15, -0.1) is 0 Å². The maximum absolute atomic E-state index is 12.0. The molecule has 0 aliphatic heterocycles. The summed E-state index contributed by atoms with van der Waals surface area (Å²) in [6.45, 7) is -0.242. The van der Waals surface area contributed by atoms with Gasteiger partial charge in [-0.05, 0) is 70.6 Å². The highest BCUT2D eigenvalue weighted by atomic mass is 79.9. The summed E-state index contributed by atoms with van der Waals surface area (Å²) in [6, 6.07) is 11.8. The van der Waals surface area contributed by atoms with Gasteiger partial charge >= 0.3 is 0 Å². The van der Waals surface area contributed by atoms with Crippen LogP contribution in [0.3, 0.4) is 0 Å². The largest absolute Gasteiger partial charge is 0.497 e. The second-order valence-corrected chi connectivity index (χ2v) is 7.23. The zero-order chi connectivity index (χ0) is 19.8. The van der Waals surface area contributed by atoms with E-state index in [1.165, 1.54) is 7.11 Å². The number of benzene rings is 2. The van der Waals surface area contributed by atoms with Crippen LogP contribution in [-0.4, -0.2) is 30.6 Å². The lowest BCUT2D eigenvalue weighted by atomic mass is 10.2. The van der Waals surface area contributed by atoms with Crippen molar-refractivity contribution in [1.29, 1.82) is 0 Å². The van der Waals surface area contributed by atoms with Gasteiger partial charge < -0.3 is 9.47 Å². The quantitative estimate of drug-likeness (QED) is 0.418. The lowest BCUT2D eigenvalue weighted by Crippen LogP contribution is -2.49. The van der Waals surface area contributed by atoms with Crippen LogP contribution >= 0.6 is 44.1 Å². The van der Waals surface area contributed by atoms with E-state index in [0.29, 0.717) is 21.5 Å². The van der Waals surface area contributed by atoms with Gasteiger partial charge in [0.25, 0.3) is 11.8 Å². The van der Waals surface area contributed by atoms with Crippen LogP contribution in [0, 0.1) is 0 Å². The number of rotatable bonds is 5. The van der Waals surface area contributed by atoms with Crippen molar-refractivity contribution in [3.63, 3.8) is 0 Å². The first-order chi connectivity index (χ1) is 12.9. The maximum atomic E-state index is 12.0. The number of methoxy groups -OCH3 is 1. The molecule has 0 aliphatic rings. The summed E-state index contributed by atoms with van der Waals surface area (Å²) in [7, 11) is 1.54. The van der Waals surface area contributed by atoms with Crippen molar-refractivity contribution in [2.45, 2.75) is 0 Å². The van der Waals surface area contributed by atoms with Gasteiger partial charge in [0, 0.05) is 10.0 Å². The van der Waals surface area contributed by atoms with Crippen LogP contribution in [0.4, 0.5) is 0 Å². The van der Waals surface area contributed by atoms with Crippen LogP contribution in [0.5, 0.6) is 11.5 Å². The summed E-state index contributed by atoms with van der Waals surface area (Å²) in [5.41, 5.74) is 5.25. The third-order valence-electron chi connectivity index (χ3n) is 3.15. The molecule has 0 aliphatic carbocycles. The van der Waals surface area contributed by atoms with Crippen LogP contribution in [0.1, 0.15) is 10.4 Å². The molecule has 3 N–H and O–H groups in total. The summed E-state index contributed by atoms with van der Waals surface area (Å²) in [5, 5.41) is 2.35. The zero-order valence-corrected chi connectivity index (χ0v) is 18.0. The first kappa shape index (κ1) is 21.1. The minimum absolute atomic E-state index is 0.0552. The van der Waals surface area contributed by atoms with Crippen LogP contribution in [0.2, 0.25) is 0 Å². The number of carbonyl (C=O) groups is 2. The number of halogens is 2. The Labute approximate surface area is 178 Å². The van der Waals surface area contributed by atoms with E-state index in [9.17, 15) is 9.59 Å². The Kier molecular flexibility index (Phi) is 8.01. The SMILES string of the molecule is COc1ccc(C(=O)NNC(=S)NC(=O)COc2ccc(Br)cc2Br)cc1. The molecule has 0 radical (unpaired) electrons. The first-order valence-electron chi connectivity index (χ1n) is 7.51. The highest BCUT2D eigenvalue weighted by Crippen LogP contribution is 2.28. The Hall–Kier alpha value is -2.17. The molecule has 2 aromatic carbocycles. The Morgan fingerprint density at radius 1 is 1.07 bits per heavy atom. The summed E-state index contributed by atoms with van der Waals surface area (Å²) in [5.74, 6) is 0.269. The molecule has 0 heterocycles. The summed E-state index contributed by atoms with van der Waals surface area (Å²) < 4.78 is 12.0. The van der Waals surface area contributed by atoms with E-state index in [0.717, 1.165) is 4.47 Å². The van der Waals surface area contributed by atoms with Gasteiger partial charge in [-0.2, -0.15) is 0 Å². The van der Waals surface area contributed by atoms with Gasteiger partial charge in [0.1, 0.15) is 11.5 Å². The average Bonchev–Trinajstić information content (AvgIpc) is 2.65. The van der Waals surface area contributed by atoms with E-state index >= 15 is 0 Å². The van der Waals surface area contributed by atoms with E-state index in [1.807, 2.05) is 0 Å². The number of nitrogens with one attached hydrogen (secondary N) is 3. The van der Waals surface area contributed by atoms with E-state index in [4.69, 9.17) is 21.7 Å². The second-order valence-electron chi connectivity index (χ2n) is 5.05. The Morgan fingerprint density at radius 3 is 2.41 bits per heavy atom. The third kappa shape index (κ3) is 6.81. The van der Waals surface area contributed by atoms with E-state index < -0.39 is 11.8 Å². The summed E-state index contributed by atoms with van der Waals surface area (Å²) >= 11 is 11.6. The molecule has 0 unspecified atom stereocenters. The Bertz CT molecular complexity index is 847. The van der Waals surface area contributed by atoms with Crippen molar-refractivity contribution in [3.05, 3.63) is 57.0 Å². The summed E-state index contributed by atoms with van der Waals surface area (Å²) in [6.07, 6.45) is 0. The number of hydrazine groups is 1. The molecule has 2 amide bonds. The smallest absolute Gasteiger partial charge is 0.269 e. The predicted molar refractivity (Wildman–Crippen MR) is 112 cm³/mol. The molecule has 27 heavy (non-hydrogen) atoms. The number of hydrogen-bond acceptors (Lipinski definition) is 5. The fourth-order valence-corrected chi connectivity index (χ4v) is 3.18. The van der Waals surface area contributed by atoms with Crippen LogP contribution in [0.25, 0.3) is 0 Å². The van der Waals surface area contributed by atoms with Gasteiger partial charge in [0.05, 0.1) is 11.6 Å². The monoisotopic (exact) mass is 515 g/mol. The molecule has 0 saturated heterocycles. The third-order valence-corrected chi connectivity index (χ3v) is 4.46. The highest BCUT2D eigenvalue weighted by molar-refractivity contribution is 9.11. The molecular weight excluding hydrogens is 502 g/mol. The van der Waals surface area contributed by atoms with Gasteiger partial charge in [0.15, 0.2) is 11.7 Å². The lowest BCUT2D eigenvalue weighted by Gasteiger charge is -2.12. The highest BCUT2D eigenvalue weighted by Gasteiger charge is 2.10.